The molecule has 0 aliphatic carbocycles. The largest absolute Gasteiger partial charge is 0.492 e. The zero-order chi connectivity index (χ0) is 19.5. The summed E-state index contributed by atoms with van der Waals surface area (Å²) in [5.74, 6) is -0.0392. The van der Waals surface area contributed by atoms with Crippen LogP contribution in [0.5, 0.6) is 5.75 Å². The number of aryl methyl sites for hydroxylation is 1. The Kier molecular flexibility index (Phi) is 5.34. The Bertz CT molecular complexity index is 1010. The first kappa shape index (κ1) is 18.6. The molecule has 0 unspecified atom stereocenters. The minimum atomic E-state index is -0.307. The first-order chi connectivity index (χ1) is 13.7. The number of para-hydroxylation sites is 1. The highest BCUT2D eigenvalue weighted by atomic mass is 19.1. The van der Waals surface area contributed by atoms with Crippen LogP contribution in [0, 0.1) is 5.82 Å². The zero-order valence-electron chi connectivity index (χ0n) is 15.9. The minimum absolute atomic E-state index is 0.288. The molecular weight excluding hydrogens is 361 g/mol. The molecule has 3 aromatic rings. The number of rotatable bonds is 6. The maximum atomic E-state index is 13.2. The second-order valence-electron chi connectivity index (χ2n) is 6.87. The summed E-state index contributed by atoms with van der Waals surface area (Å²) in [6.45, 7) is 7.31. The number of hydrogen-bond donors (Lipinski definition) is 0. The summed E-state index contributed by atoms with van der Waals surface area (Å²) in [6, 6.07) is 12.1. The van der Waals surface area contributed by atoms with Crippen LogP contribution in [0.3, 0.4) is 0 Å². The number of nitrogens with zero attached hydrogens (tertiary/aromatic N) is 3. The van der Waals surface area contributed by atoms with Gasteiger partial charge in [-0.25, -0.2) is 9.18 Å². The molecule has 0 atom stereocenters. The SMILES string of the molecule is CCn1c(=O)oc2c(N3CCN(CCOc4cccc(F)c4)CC3)cccc21. The highest BCUT2D eigenvalue weighted by Gasteiger charge is 2.21. The molecule has 0 bridgehead atoms. The Morgan fingerprint density at radius 2 is 1.89 bits per heavy atom. The molecule has 2 aromatic carbocycles. The van der Waals surface area contributed by atoms with Crippen molar-refractivity contribution in [3.8, 4) is 5.75 Å². The van der Waals surface area contributed by atoms with Crippen molar-refractivity contribution in [3.63, 3.8) is 0 Å². The molecule has 1 saturated heterocycles. The van der Waals surface area contributed by atoms with E-state index >= 15 is 0 Å². The molecule has 0 amide bonds. The molecule has 1 aliphatic rings. The second-order valence-corrected chi connectivity index (χ2v) is 6.87. The van der Waals surface area contributed by atoms with E-state index in [-0.39, 0.29) is 11.6 Å². The van der Waals surface area contributed by atoms with Crippen molar-refractivity contribution < 1.29 is 13.5 Å². The summed E-state index contributed by atoms with van der Waals surface area (Å²) >= 11 is 0. The summed E-state index contributed by atoms with van der Waals surface area (Å²) in [5.41, 5.74) is 2.48. The number of hydrogen-bond acceptors (Lipinski definition) is 5. The molecule has 148 valence electrons. The summed E-state index contributed by atoms with van der Waals surface area (Å²) in [6.07, 6.45) is 0. The van der Waals surface area contributed by atoms with Gasteiger partial charge in [0, 0.05) is 45.3 Å². The molecule has 2 heterocycles. The van der Waals surface area contributed by atoms with E-state index in [2.05, 4.69) is 9.80 Å². The van der Waals surface area contributed by atoms with Crippen molar-refractivity contribution >= 4 is 16.8 Å². The van der Waals surface area contributed by atoms with E-state index in [4.69, 9.17) is 9.15 Å². The average molecular weight is 385 g/mol. The van der Waals surface area contributed by atoms with Crippen molar-refractivity contribution in [2.75, 3.05) is 44.2 Å². The Morgan fingerprint density at radius 3 is 2.64 bits per heavy atom. The fourth-order valence-electron chi connectivity index (χ4n) is 3.68. The van der Waals surface area contributed by atoms with Gasteiger partial charge in [0.05, 0.1) is 11.2 Å². The predicted molar refractivity (Wildman–Crippen MR) is 107 cm³/mol. The Labute approximate surface area is 162 Å². The maximum absolute atomic E-state index is 13.2. The highest BCUT2D eigenvalue weighted by molar-refractivity contribution is 5.87. The molecule has 0 spiro atoms. The van der Waals surface area contributed by atoms with Crippen LogP contribution in [0.2, 0.25) is 0 Å². The third-order valence-corrected chi connectivity index (χ3v) is 5.18. The number of anilines is 1. The van der Waals surface area contributed by atoms with Crippen LogP contribution >= 0.6 is 0 Å². The van der Waals surface area contributed by atoms with Crippen LogP contribution in [-0.4, -0.2) is 48.8 Å². The predicted octanol–water partition coefficient (Wildman–Crippen LogP) is 2.95. The van der Waals surface area contributed by atoms with Gasteiger partial charge in [-0.3, -0.25) is 9.47 Å². The van der Waals surface area contributed by atoms with Gasteiger partial charge in [-0.05, 0) is 31.2 Å². The van der Waals surface area contributed by atoms with E-state index in [1.165, 1.54) is 12.1 Å². The van der Waals surface area contributed by atoms with Gasteiger partial charge >= 0.3 is 5.76 Å². The summed E-state index contributed by atoms with van der Waals surface area (Å²) < 4.78 is 26.0. The molecule has 1 aromatic heterocycles. The Balaban J connectivity index is 1.35. The van der Waals surface area contributed by atoms with Gasteiger partial charge in [0.15, 0.2) is 5.58 Å². The molecule has 28 heavy (non-hydrogen) atoms. The molecule has 7 heteroatoms. The van der Waals surface area contributed by atoms with Crippen LogP contribution in [0.4, 0.5) is 10.1 Å². The number of oxazole rings is 1. The van der Waals surface area contributed by atoms with Crippen LogP contribution in [0.15, 0.2) is 51.7 Å². The van der Waals surface area contributed by atoms with Crippen LogP contribution in [0.25, 0.3) is 11.1 Å². The van der Waals surface area contributed by atoms with E-state index in [1.54, 1.807) is 16.7 Å². The zero-order valence-corrected chi connectivity index (χ0v) is 15.9. The van der Waals surface area contributed by atoms with E-state index in [9.17, 15) is 9.18 Å². The third-order valence-electron chi connectivity index (χ3n) is 5.18. The standard InChI is InChI=1S/C21H24FN3O3/c1-2-25-19-8-4-7-18(20(19)28-21(25)26)24-11-9-23(10-12-24)13-14-27-17-6-3-5-16(22)15-17/h3-8,15H,2,9-14H2,1H3. The van der Waals surface area contributed by atoms with Crippen molar-refractivity contribution in [1.82, 2.24) is 9.47 Å². The van der Waals surface area contributed by atoms with Crippen molar-refractivity contribution in [2.24, 2.45) is 0 Å². The smallest absolute Gasteiger partial charge is 0.420 e. The molecule has 6 nitrogen and oxygen atoms in total. The minimum Gasteiger partial charge on any atom is -0.492 e. The first-order valence-corrected chi connectivity index (χ1v) is 9.63. The fourth-order valence-corrected chi connectivity index (χ4v) is 3.68. The van der Waals surface area contributed by atoms with Gasteiger partial charge in [0.25, 0.3) is 0 Å². The number of benzene rings is 2. The molecule has 4 rings (SSSR count). The Morgan fingerprint density at radius 1 is 1.11 bits per heavy atom. The van der Waals surface area contributed by atoms with Crippen LogP contribution < -0.4 is 15.4 Å². The number of fused-ring (bicyclic) bond motifs is 1. The van der Waals surface area contributed by atoms with Crippen LogP contribution in [-0.2, 0) is 6.54 Å². The monoisotopic (exact) mass is 385 g/mol. The van der Waals surface area contributed by atoms with Crippen LogP contribution in [0.1, 0.15) is 6.92 Å². The molecule has 1 aliphatic heterocycles. The number of piperazine rings is 1. The lowest BCUT2D eigenvalue weighted by Crippen LogP contribution is -2.47. The Hall–Kier alpha value is -2.80. The molecule has 0 saturated carbocycles. The lowest BCUT2D eigenvalue weighted by Gasteiger charge is -2.35. The van der Waals surface area contributed by atoms with Crippen molar-refractivity contribution in [2.45, 2.75) is 13.5 Å². The number of ether oxygens (including phenoxy) is 1. The topological polar surface area (TPSA) is 50.9 Å². The fraction of sp³-hybridized carbons (Fsp3) is 0.381. The van der Waals surface area contributed by atoms with Crippen molar-refractivity contribution in [1.29, 1.82) is 0 Å². The maximum Gasteiger partial charge on any atom is 0.420 e. The van der Waals surface area contributed by atoms with Crippen molar-refractivity contribution in [3.05, 3.63) is 58.8 Å². The highest BCUT2D eigenvalue weighted by Crippen LogP contribution is 2.27. The van der Waals surface area contributed by atoms with Gasteiger partial charge in [-0.1, -0.05) is 12.1 Å². The lowest BCUT2D eigenvalue weighted by atomic mass is 10.2. The van der Waals surface area contributed by atoms with Gasteiger partial charge in [-0.15, -0.1) is 0 Å². The third kappa shape index (κ3) is 3.75. The molecule has 1 fully saturated rings. The normalized spacial score (nSPS) is 15.3. The molecule has 0 radical (unpaired) electrons. The van der Waals surface area contributed by atoms with Gasteiger partial charge in [-0.2, -0.15) is 0 Å². The molecular formula is C21H24FN3O3. The summed E-state index contributed by atoms with van der Waals surface area (Å²) in [5, 5.41) is 0. The summed E-state index contributed by atoms with van der Waals surface area (Å²) in [4.78, 5) is 16.6. The molecule has 0 N–H and O–H groups in total. The average Bonchev–Trinajstić information content (AvgIpc) is 3.03. The van der Waals surface area contributed by atoms with E-state index in [0.29, 0.717) is 24.5 Å². The lowest BCUT2D eigenvalue weighted by molar-refractivity contribution is 0.200. The number of aromatic nitrogens is 1. The van der Waals surface area contributed by atoms with Gasteiger partial charge in [0.2, 0.25) is 0 Å². The van der Waals surface area contributed by atoms with E-state index < -0.39 is 0 Å². The quantitative estimate of drug-likeness (QED) is 0.653. The summed E-state index contributed by atoms with van der Waals surface area (Å²) in [7, 11) is 0. The number of halogens is 1. The van der Waals surface area contributed by atoms with Gasteiger partial charge < -0.3 is 14.1 Å². The van der Waals surface area contributed by atoms with E-state index in [1.807, 2.05) is 25.1 Å². The van der Waals surface area contributed by atoms with Gasteiger partial charge in [0.1, 0.15) is 18.2 Å². The first-order valence-electron chi connectivity index (χ1n) is 9.63. The van der Waals surface area contributed by atoms with E-state index in [0.717, 1.165) is 43.9 Å². The second kappa shape index (κ2) is 8.06.